The number of likely N-dealkylation sites (N-methyl/N-ethyl adjacent to an activating group) is 1. The number of carbonyl (C=O) groups is 4. The second-order valence-corrected chi connectivity index (χ2v) is 13.1. The predicted molar refractivity (Wildman–Crippen MR) is 179 cm³/mol. The Bertz CT molecular complexity index is 1360. The maximum absolute atomic E-state index is 13.5. The van der Waals surface area contributed by atoms with Crippen LogP contribution in [0, 0.1) is 27.9 Å². The molecule has 1 aromatic carbocycles. The zero-order valence-corrected chi connectivity index (χ0v) is 29.4. The standard InChI is InChI=1S/C33H49N5O8S/c1-9-20(5)29(34)32(41)37(10-2)27(19(3)4)17-28(46-22(7)39)31-36-26(18-47-31)30(40)35-24(15-21(6)33(42)45-8)16-23-11-13-25(14-12-23)38(43)44/h11-14,18-21,24,27-29H,9-10,15-17,34H2,1-8H3,(H,35,40)/t20-,21-,24+,27+,28+,29-/m0/s1. The Balaban J connectivity index is 2.33. The molecule has 47 heavy (non-hydrogen) atoms. The molecule has 3 N–H and O–H groups in total. The Labute approximate surface area is 280 Å². The third-order valence-corrected chi connectivity index (χ3v) is 9.27. The first-order chi connectivity index (χ1) is 22.1. The fourth-order valence-electron chi connectivity index (χ4n) is 5.38. The number of aromatic nitrogens is 1. The largest absolute Gasteiger partial charge is 0.469 e. The Hall–Kier alpha value is -3.91. The molecule has 6 atom stereocenters. The normalized spacial score (nSPS) is 15.1. The number of nitro benzene ring substituents is 1. The van der Waals surface area contributed by atoms with E-state index in [2.05, 4.69) is 10.3 Å². The number of nitrogens with one attached hydrogen (secondary N) is 1. The van der Waals surface area contributed by atoms with Crippen LogP contribution >= 0.6 is 11.3 Å². The molecular weight excluding hydrogens is 626 g/mol. The van der Waals surface area contributed by atoms with Crippen LogP contribution < -0.4 is 11.1 Å². The van der Waals surface area contributed by atoms with Gasteiger partial charge in [0.1, 0.15) is 10.7 Å². The maximum Gasteiger partial charge on any atom is 0.308 e. The van der Waals surface area contributed by atoms with Crippen LogP contribution in [0.2, 0.25) is 0 Å². The fourth-order valence-corrected chi connectivity index (χ4v) is 6.22. The number of nitrogens with zero attached hydrogens (tertiary/aromatic N) is 3. The van der Waals surface area contributed by atoms with Crippen molar-refractivity contribution < 1.29 is 33.6 Å². The Morgan fingerprint density at radius 1 is 1.09 bits per heavy atom. The number of amides is 2. The predicted octanol–water partition coefficient (Wildman–Crippen LogP) is 4.83. The van der Waals surface area contributed by atoms with Gasteiger partial charge in [0.25, 0.3) is 11.6 Å². The van der Waals surface area contributed by atoms with Gasteiger partial charge in [0.2, 0.25) is 5.91 Å². The number of thiazole rings is 1. The van der Waals surface area contributed by atoms with E-state index in [0.29, 0.717) is 18.0 Å². The van der Waals surface area contributed by atoms with Crippen LogP contribution in [0.1, 0.15) is 94.9 Å². The molecule has 2 amide bonds. The number of nitro groups is 1. The first-order valence-electron chi connectivity index (χ1n) is 15.9. The monoisotopic (exact) mass is 675 g/mol. The molecule has 1 aromatic heterocycles. The SMILES string of the molecule is CC[C@H](C)[C@H](N)C(=O)N(CC)[C@H](C[C@@H](OC(C)=O)c1nc(C(=O)N[C@@H](Cc2ccc([N+](=O)[O-])cc2)C[C@H](C)C(=O)OC)cs1)C(C)C. The summed E-state index contributed by atoms with van der Waals surface area (Å²) >= 11 is 1.17. The van der Waals surface area contributed by atoms with Gasteiger partial charge in [0.15, 0.2) is 6.10 Å². The van der Waals surface area contributed by atoms with Gasteiger partial charge >= 0.3 is 11.9 Å². The molecular formula is C33H49N5O8S. The van der Waals surface area contributed by atoms with E-state index in [4.69, 9.17) is 15.2 Å². The second-order valence-electron chi connectivity index (χ2n) is 12.2. The van der Waals surface area contributed by atoms with Crippen molar-refractivity contribution in [3.05, 3.63) is 56.0 Å². The van der Waals surface area contributed by atoms with E-state index in [1.54, 1.807) is 29.3 Å². The van der Waals surface area contributed by atoms with E-state index in [0.717, 1.165) is 12.0 Å². The molecule has 0 bridgehead atoms. The number of methoxy groups -OCH3 is 1. The zero-order chi connectivity index (χ0) is 35.4. The number of benzene rings is 1. The van der Waals surface area contributed by atoms with Gasteiger partial charge in [-0.15, -0.1) is 11.3 Å². The molecule has 260 valence electrons. The van der Waals surface area contributed by atoms with Gasteiger partial charge in [-0.05, 0) is 37.2 Å². The van der Waals surface area contributed by atoms with Crippen molar-refractivity contribution in [2.24, 2.45) is 23.5 Å². The van der Waals surface area contributed by atoms with Gasteiger partial charge in [-0.1, -0.05) is 53.2 Å². The molecule has 0 unspecified atom stereocenters. The molecule has 1 heterocycles. The third kappa shape index (κ3) is 11.4. The Morgan fingerprint density at radius 3 is 2.23 bits per heavy atom. The lowest BCUT2D eigenvalue weighted by molar-refractivity contribution is -0.384. The molecule has 2 aromatic rings. The average Bonchev–Trinajstić information content (AvgIpc) is 3.53. The first kappa shape index (κ1) is 39.3. The van der Waals surface area contributed by atoms with E-state index in [-0.39, 0.29) is 48.0 Å². The van der Waals surface area contributed by atoms with Gasteiger partial charge in [0, 0.05) is 49.5 Å². The van der Waals surface area contributed by atoms with Crippen molar-refractivity contribution in [1.29, 1.82) is 0 Å². The topological polar surface area (TPSA) is 184 Å². The van der Waals surface area contributed by atoms with Crippen LogP contribution in [0.4, 0.5) is 5.69 Å². The fraction of sp³-hybridized carbons (Fsp3) is 0.606. The molecule has 0 aliphatic heterocycles. The highest BCUT2D eigenvalue weighted by atomic mass is 32.1. The van der Waals surface area contributed by atoms with E-state index in [9.17, 15) is 29.3 Å². The van der Waals surface area contributed by atoms with Crippen molar-refractivity contribution >= 4 is 40.8 Å². The lowest BCUT2D eigenvalue weighted by Crippen LogP contribution is -2.52. The maximum atomic E-state index is 13.5. The quantitative estimate of drug-likeness (QED) is 0.126. The number of hydrogen-bond acceptors (Lipinski definition) is 11. The smallest absolute Gasteiger partial charge is 0.308 e. The molecule has 2 rings (SSSR count). The van der Waals surface area contributed by atoms with Crippen LogP contribution in [-0.4, -0.2) is 70.3 Å². The Morgan fingerprint density at radius 2 is 1.72 bits per heavy atom. The van der Waals surface area contributed by atoms with Crippen molar-refractivity contribution in [3.63, 3.8) is 0 Å². The number of carbonyl (C=O) groups excluding carboxylic acids is 4. The first-order valence-corrected chi connectivity index (χ1v) is 16.8. The highest BCUT2D eigenvalue weighted by molar-refractivity contribution is 7.09. The van der Waals surface area contributed by atoms with Crippen molar-refractivity contribution in [2.75, 3.05) is 13.7 Å². The molecule has 13 nitrogen and oxygen atoms in total. The minimum absolute atomic E-state index is 0.000742. The Kier molecular flexibility index (Phi) is 15.4. The molecule has 14 heteroatoms. The number of ether oxygens (including phenoxy) is 2. The molecule has 0 radical (unpaired) electrons. The molecule has 0 saturated carbocycles. The summed E-state index contributed by atoms with van der Waals surface area (Å²) in [7, 11) is 1.29. The lowest BCUT2D eigenvalue weighted by atomic mass is 9.93. The van der Waals surface area contributed by atoms with Crippen molar-refractivity contribution in [2.45, 2.75) is 98.4 Å². The summed E-state index contributed by atoms with van der Waals surface area (Å²) in [6, 6.07) is 4.47. The highest BCUT2D eigenvalue weighted by Crippen LogP contribution is 2.31. The van der Waals surface area contributed by atoms with Crippen LogP contribution in [0.25, 0.3) is 0 Å². The van der Waals surface area contributed by atoms with E-state index < -0.39 is 46.9 Å². The number of non-ortho nitro benzene ring substituents is 1. The summed E-state index contributed by atoms with van der Waals surface area (Å²) in [6.45, 7) is 13.2. The van der Waals surface area contributed by atoms with Crippen LogP contribution in [0.5, 0.6) is 0 Å². The van der Waals surface area contributed by atoms with Crippen LogP contribution in [0.3, 0.4) is 0 Å². The van der Waals surface area contributed by atoms with Gasteiger partial charge in [-0.3, -0.25) is 29.3 Å². The molecule has 0 aliphatic carbocycles. The van der Waals surface area contributed by atoms with Gasteiger partial charge < -0.3 is 25.4 Å². The number of nitrogens with two attached hydrogens (primary N) is 1. The molecule has 0 saturated heterocycles. The third-order valence-electron chi connectivity index (χ3n) is 8.34. The molecule has 0 aliphatic rings. The summed E-state index contributed by atoms with van der Waals surface area (Å²) in [5.41, 5.74) is 7.10. The average molecular weight is 676 g/mol. The summed E-state index contributed by atoms with van der Waals surface area (Å²) in [4.78, 5) is 68.1. The van der Waals surface area contributed by atoms with Crippen LogP contribution in [0.15, 0.2) is 29.6 Å². The van der Waals surface area contributed by atoms with Crippen molar-refractivity contribution in [1.82, 2.24) is 15.2 Å². The summed E-state index contributed by atoms with van der Waals surface area (Å²) in [5, 5.41) is 16.0. The minimum Gasteiger partial charge on any atom is -0.469 e. The molecule has 0 spiro atoms. The van der Waals surface area contributed by atoms with Gasteiger partial charge in [-0.2, -0.15) is 0 Å². The number of rotatable bonds is 18. The second kappa shape index (κ2) is 18.4. The summed E-state index contributed by atoms with van der Waals surface area (Å²) in [5.74, 6) is -2.16. The number of esters is 2. The zero-order valence-electron chi connectivity index (χ0n) is 28.6. The van der Waals surface area contributed by atoms with E-state index >= 15 is 0 Å². The van der Waals surface area contributed by atoms with Gasteiger partial charge in [-0.25, -0.2) is 4.98 Å². The number of hydrogen-bond donors (Lipinski definition) is 2. The summed E-state index contributed by atoms with van der Waals surface area (Å²) in [6.07, 6.45) is 0.750. The highest BCUT2D eigenvalue weighted by Gasteiger charge is 2.35. The van der Waals surface area contributed by atoms with Crippen LogP contribution in [-0.2, 0) is 30.3 Å². The lowest BCUT2D eigenvalue weighted by Gasteiger charge is -2.37. The van der Waals surface area contributed by atoms with E-state index in [1.165, 1.54) is 37.5 Å². The molecule has 0 fully saturated rings. The van der Waals surface area contributed by atoms with E-state index in [1.807, 2.05) is 34.6 Å². The summed E-state index contributed by atoms with van der Waals surface area (Å²) < 4.78 is 10.6. The minimum atomic E-state index is -0.816. The van der Waals surface area contributed by atoms with Gasteiger partial charge in [0.05, 0.1) is 24.0 Å². The van der Waals surface area contributed by atoms with Crippen molar-refractivity contribution in [3.8, 4) is 0 Å².